The molecule has 0 fully saturated rings. The van der Waals surface area contributed by atoms with Gasteiger partial charge in [0, 0.05) is 41.6 Å². The van der Waals surface area contributed by atoms with E-state index in [4.69, 9.17) is 0 Å². The highest BCUT2D eigenvalue weighted by Crippen LogP contribution is 2.22. The van der Waals surface area contributed by atoms with Crippen LogP contribution >= 0.6 is 0 Å². The zero-order valence-electron chi connectivity index (χ0n) is 13.7. The predicted octanol–water partition coefficient (Wildman–Crippen LogP) is 3.96. The Morgan fingerprint density at radius 2 is 1.72 bits per heavy atom. The molecule has 25 heavy (non-hydrogen) atoms. The Morgan fingerprint density at radius 3 is 2.48 bits per heavy atom. The maximum Gasteiger partial charge on any atom is 0.255 e. The first-order valence-corrected chi connectivity index (χ1v) is 7.96. The number of aryl methyl sites for hydroxylation is 1. The fourth-order valence-electron chi connectivity index (χ4n) is 2.67. The van der Waals surface area contributed by atoms with E-state index < -0.39 is 0 Å². The highest BCUT2D eigenvalue weighted by atomic mass is 16.1. The average molecular weight is 328 g/mol. The number of carbonyl (C=O) groups is 1. The molecule has 3 heterocycles. The van der Waals surface area contributed by atoms with Gasteiger partial charge in [0.05, 0.1) is 5.69 Å². The van der Waals surface area contributed by atoms with Crippen molar-refractivity contribution >= 4 is 17.2 Å². The largest absolute Gasteiger partial charge is 0.322 e. The van der Waals surface area contributed by atoms with Crippen molar-refractivity contribution in [3.8, 4) is 11.3 Å². The third kappa shape index (κ3) is 3.12. The van der Waals surface area contributed by atoms with Gasteiger partial charge in [-0.25, -0.2) is 4.98 Å². The summed E-state index contributed by atoms with van der Waals surface area (Å²) in [5.41, 5.74) is 5.32. The van der Waals surface area contributed by atoms with Gasteiger partial charge in [-0.1, -0.05) is 18.2 Å². The van der Waals surface area contributed by atoms with Crippen LogP contribution in [0.2, 0.25) is 0 Å². The van der Waals surface area contributed by atoms with Gasteiger partial charge in [0.15, 0.2) is 0 Å². The summed E-state index contributed by atoms with van der Waals surface area (Å²) >= 11 is 0. The molecule has 5 nitrogen and oxygen atoms in total. The van der Waals surface area contributed by atoms with E-state index in [2.05, 4.69) is 28.4 Å². The lowest BCUT2D eigenvalue weighted by Crippen LogP contribution is -2.11. The minimum atomic E-state index is -0.154. The molecule has 4 aromatic rings. The monoisotopic (exact) mass is 328 g/mol. The number of hydrogen-bond donors (Lipinski definition) is 1. The van der Waals surface area contributed by atoms with Crippen molar-refractivity contribution in [1.29, 1.82) is 0 Å². The van der Waals surface area contributed by atoms with Gasteiger partial charge < -0.3 is 9.72 Å². The van der Waals surface area contributed by atoms with Crippen molar-refractivity contribution in [3.05, 3.63) is 84.4 Å². The summed E-state index contributed by atoms with van der Waals surface area (Å²) in [7, 11) is 0. The maximum absolute atomic E-state index is 12.2. The van der Waals surface area contributed by atoms with E-state index in [9.17, 15) is 4.79 Å². The van der Waals surface area contributed by atoms with Crippen LogP contribution in [0.3, 0.4) is 0 Å². The minimum Gasteiger partial charge on any atom is -0.322 e. The molecular formula is C20H16N4O. The van der Waals surface area contributed by atoms with Gasteiger partial charge in [-0.3, -0.25) is 9.78 Å². The van der Waals surface area contributed by atoms with Crippen LogP contribution < -0.4 is 5.32 Å². The number of pyridine rings is 2. The zero-order valence-corrected chi connectivity index (χ0v) is 13.7. The third-order valence-corrected chi connectivity index (χ3v) is 3.98. The van der Waals surface area contributed by atoms with Crippen LogP contribution in [0.15, 0.2) is 73.3 Å². The number of nitrogens with zero attached hydrogens (tertiary/aromatic N) is 3. The summed E-state index contributed by atoms with van der Waals surface area (Å²) in [6, 6.07) is 15.1. The molecule has 1 N–H and O–H groups in total. The van der Waals surface area contributed by atoms with E-state index in [1.165, 1.54) is 5.56 Å². The van der Waals surface area contributed by atoms with Gasteiger partial charge in [0.2, 0.25) is 0 Å². The maximum atomic E-state index is 12.2. The molecule has 0 atom stereocenters. The standard InChI is InChI=1S/C20H16N4O/c1-14-2-7-19-23-18(13-24(19)12-14)15-3-5-17(6-4-15)22-20(25)16-8-10-21-11-9-16/h2-13H,1H3,(H,22,25). The lowest BCUT2D eigenvalue weighted by atomic mass is 10.1. The van der Waals surface area contributed by atoms with Crippen molar-refractivity contribution in [1.82, 2.24) is 14.4 Å². The fraction of sp³-hybridized carbons (Fsp3) is 0.0500. The predicted molar refractivity (Wildman–Crippen MR) is 97.6 cm³/mol. The number of carbonyl (C=O) groups excluding carboxylic acids is 1. The molecule has 0 bridgehead atoms. The van der Waals surface area contributed by atoms with Crippen molar-refractivity contribution in [2.75, 3.05) is 5.32 Å². The lowest BCUT2D eigenvalue weighted by Gasteiger charge is -2.05. The van der Waals surface area contributed by atoms with Crippen molar-refractivity contribution < 1.29 is 4.79 Å². The van der Waals surface area contributed by atoms with Gasteiger partial charge in [0.1, 0.15) is 5.65 Å². The molecule has 0 aliphatic heterocycles. The normalized spacial score (nSPS) is 10.8. The third-order valence-electron chi connectivity index (χ3n) is 3.98. The summed E-state index contributed by atoms with van der Waals surface area (Å²) in [6.45, 7) is 2.05. The quantitative estimate of drug-likeness (QED) is 0.619. The van der Waals surface area contributed by atoms with Crippen molar-refractivity contribution in [3.63, 3.8) is 0 Å². The summed E-state index contributed by atoms with van der Waals surface area (Å²) < 4.78 is 2.02. The van der Waals surface area contributed by atoms with Gasteiger partial charge in [-0.2, -0.15) is 0 Å². The fourth-order valence-corrected chi connectivity index (χ4v) is 2.67. The Morgan fingerprint density at radius 1 is 0.960 bits per heavy atom. The van der Waals surface area contributed by atoms with E-state index in [0.717, 1.165) is 22.6 Å². The molecule has 0 aliphatic rings. The van der Waals surface area contributed by atoms with Crippen LogP contribution in [-0.2, 0) is 0 Å². The summed E-state index contributed by atoms with van der Waals surface area (Å²) in [6.07, 6.45) is 7.26. The number of anilines is 1. The second-order valence-corrected chi connectivity index (χ2v) is 5.87. The Bertz CT molecular complexity index is 1040. The topological polar surface area (TPSA) is 59.3 Å². The van der Waals surface area contributed by atoms with Crippen LogP contribution in [0.5, 0.6) is 0 Å². The summed E-state index contributed by atoms with van der Waals surface area (Å²) in [5.74, 6) is -0.154. The van der Waals surface area contributed by atoms with E-state index in [0.29, 0.717) is 5.56 Å². The molecule has 122 valence electrons. The van der Waals surface area contributed by atoms with Crippen molar-refractivity contribution in [2.24, 2.45) is 0 Å². The Kier molecular flexibility index (Phi) is 3.74. The molecule has 1 amide bonds. The summed E-state index contributed by atoms with van der Waals surface area (Å²) in [4.78, 5) is 20.7. The zero-order chi connectivity index (χ0) is 17.2. The number of nitrogens with one attached hydrogen (secondary N) is 1. The number of imidazole rings is 1. The second-order valence-electron chi connectivity index (χ2n) is 5.87. The Hall–Kier alpha value is -3.47. The van der Waals surface area contributed by atoms with Gasteiger partial charge >= 0.3 is 0 Å². The lowest BCUT2D eigenvalue weighted by molar-refractivity contribution is 0.102. The first-order valence-electron chi connectivity index (χ1n) is 7.96. The van der Waals surface area contributed by atoms with E-state index in [1.54, 1.807) is 24.5 Å². The molecule has 0 unspecified atom stereocenters. The average Bonchev–Trinajstić information content (AvgIpc) is 3.06. The van der Waals surface area contributed by atoms with Crippen LogP contribution in [0.1, 0.15) is 15.9 Å². The highest BCUT2D eigenvalue weighted by Gasteiger charge is 2.07. The van der Waals surface area contributed by atoms with Gasteiger partial charge in [0.25, 0.3) is 5.91 Å². The van der Waals surface area contributed by atoms with Crippen molar-refractivity contribution in [2.45, 2.75) is 6.92 Å². The molecule has 3 aromatic heterocycles. The molecule has 0 saturated heterocycles. The SMILES string of the molecule is Cc1ccc2nc(-c3ccc(NC(=O)c4ccncc4)cc3)cn2c1. The molecule has 4 rings (SSSR count). The van der Waals surface area contributed by atoms with Crippen LogP contribution in [0.4, 0.5) is 5.69 Å². The van der Waals surface area contributed by atoms with Crippen LogP contribution in [-0.4, -0.2) is 20.3 Å². The molecule has 0 spiro atoms. The minimum absolute atomic E-state index is 0.154. The highest BCUT2D eigenvalue weighted by molar-refractivity contribution is 6.04. The van der Waals surface area contributed by atoms with E-state index in [-0.39, 0.29) is 5.91 Å². The number of hydrogen-bond acceptors (Lipinski definition) is 3. The molecule has 5 heteroatoms. The molecule has 0 saturated carbocycles. The number of rotatable bonds is 3. The van der Waals surface area contributed by atoms with E-state index in [1.807, 2.05) is 47.0 Å². The first-order chi connectivity index (χ1) is 12.2. The number of amides is 1. The number of benzene rings is 1. The smallest absolute Gasteiger partial charge is 0.255 e. The summed E-state index contributed by atoms with van der Waals surface area (Å²) in [5, 5.41) is 2.88. The Labute approximate surface area is 145 Å². The van der Waals surface area contributed by atoms with Gasteiger partial charge in [-0.15, -0.1) is 0 Å². The molecule has 0 radical (unpaired) electrons. The number of fused-ring (bicyclic) bond motifs is 1. The van der Waals surface area contributed by atoms with Crippen LogP contribution in [0, 0.1) is 6.92 Å². The first kappa shape index (κ1) is 15.1. The van der Waals surface area contributed by atoms with Gasteiger partial charge in [-0.05, 0) is 42.8 Å². The van der Waals surface area contributed by atoms with E-state index >= 15 is 0 Å². The number of aromatic nitrogens is 3. The molecule has 1 aromatic carbocycles. The molecule has 0 aliphatic carbocycles. The second kappa shape index (κ2) is 6.20. The molecular weight excluding hydrogens is 312 g/mol. The Balaban J connectivity index is 1.56. The van der Waals surface area contributed by atoms with Crippen LogP contribution in [0.25, 0.3) is 16.9 Å².